The van der Waals surface area contributed by atoms with Gasteiger partial charge in [-0.05, 0) is 20.9 Å². The maximum atomic E-state index is 11.1. The van der Waals surface area contributed by atoms with Crippen molar-refractivity contribution >= 4 is 5.91 Å². The fourth-order valence-electron chi connectivity index (χ4n) is 1.60. The van der Waals surface area contributed by atoms with E-state index >= 15 is 0 Å². The van der Waals surface area contributed by atoms with Gasteiger partial charge in [0.1, 0.15) is 11.9 Å². The minimum Gasteiger partial charge on any atom is -0.368 e. The zero-order valence-corrected chi connectivity index (χ0v) is 8.69. The number of aryl methyl sites for hydroxylation is 1. The molecular formula is C9H16N4O. The summed E-state index contributed by atoms with van der Waals surface area (Å²) in [5.41, 5.74) is 5.27. The second kappa shape index (κ2) is 4.23. The summed E-state index contributed by atoms with van der Waals surface area (Å²) in [7, 11) is 1.72. The van der Waals surface area contributed by atoms with E-state index in [2.05, 4.69) is 10.3 Å². The van der Waals surface area contributed by atoms with E-state index in [4.69, 9.17) is 5.73 Å². The molecule has 2 unspecified atom stereocenters. The summed E-state index contributed by atoms with van der Waals surface area (Å²) in [6, 6.07) is -0.400. The average Bonchev–Trinajstić information content (AvgIpc) is 2.51. The van der Waals surface area contributed by atoms with Crippen LogP contribution in [0, 0.1) is 6.92 Å². The fraction of sp³-hybridized carbons (Fsp3) is 0.556. The number of likely N-dealkylation sites (N-methyl/N-ethyl adjacent to an activating group) is 1. The minimum atomic E-state index is -0.372. The van der Waals surface area contributed by atoms with Crippen molar-refractivity contribution in [2.24, 2.45) is 5.73 Å². The average molecular weight is 196 g/mol. The van der Waals surface area contributed by atoms with E-state index in [1.165, 1.54) is 0 Å². The van der Waals surface area contributed by atoms with Crippen molar-refractivity contribution in [3.63, 3.8) is 0 Å². The van der Waals surface area contributed by atoms with Crippen molar-refractivity contribution in [1.29, 1.82) is 0 Å². The standard InChI is InChI=1S/C9H16N4O/c1-6(8(11-3)9(10)14)13-5-4-12-7(13)2/h4-6,8,11H,1-3H3,(H2,10,14). The molecule has 78 valence electrons. The van der Waals surface area contributed by atoms with Crippen LogP contribution in [0.3, 0.4) is 0 Å². The third-order valence-electron chi connectivity index (χ3n) is 2.40. The molecule has 0 radical (unpaired) electrons. The Kier molecular flexibility index (Phi) is 3.24. The van der Waals surface area contributed by atoms with Crippen LogP contribution in [0.15, 0.2) is 12.4 Å². The van der Waals surface area contributed by atoms with Crippen LogP contribution in [0.25, 0.3) is 0 Å². The number of nitrogens with two attached hydrogens (primary N) is 1. The fourth-order valence-corrected chi connectivity index (χ4v) is 1.60. The Hall–Kier alpha value is -1.36. The van der Waals surface area contributed by atoms with Crippen molar-refractivity contribution in [3.8, 4) is 0 Å². The first kappa shape index (κ1) is 10.7. The molecule has 0 spiro atoms. The number of nitrogens with one attached hydrogen (secondary N) is 1. The molecule has 1 aromatic rings. The molecule has 0 aliphatic heterocycles. The number of imidazole rings is 1. The van der Waals surface area contributed by atoms with Crippen LogP contribution in [0.5, 0.6) is 0 Å². The van der Waals surface area contributed by atoms with Crippen LogP contribution < -0.4 is 11.1 Å². The number of rotatable bonds is 4. The van der Waals surface area contributed by atoms with Crippen LogP contribution in [-0.2, 0) is 4.79 Å². The molecule has 5 nitrogen and oxygen atoms in total. The molecule has 3 N–H and O–H groups in total. The van der Waals surface area contributed by atoms with Gasteiger partial charge in [-0.2, -0.15) is 0 Å². The molecule has 1 heterocycles. The lowest BCUT2D eigenvalue weighted by atomic mass is 10.1. The molecule has 5 heteroatoms. The van der Waals surface area contributed by atoms with E-state index in [-0.39, 0.29) is 18.0 Å². The van der Waals surface area contributed by atoms with Gasteiger partial charge in [-0.3, -0.25) is 4.79 Å². The highest BCUT2D eigenvalue weighted by atomic mass is 16.1. The Morgan fingerprint density at radius 3 is 2.71 bits per heavy atom. The summed E-state index contributed by atoms with van der Waals surface area (Å²) in [6.45, 7) is 3.82. The summed E-state index contributed by atoms with van der Waals surface area (Å²) in [4.78, 5) is 15.2. The molecule has 1 aromatic heterocycles. The molecule has 1 rings (SSSR count). The Balaban J connectivity index is 2.88. The summed E-state index contributed by atoms with van der Waals surface area (Å²) in [5, 5.41) is 2.89. The number of carbonyl (C=O) groups excluding carboxylic acids is 1. The molecule has 0 saturated carbocycles. The van der Waals surface area contributed by atoms with Crippen LogP contribution in [0.2, 0.25) is 0 Å². The molecule has 14 heavy (non-hydrogen) atoms. The second-order valence-corrected chi connectivity index (χ2v) is 3.29. The van der Waals surface area contributed by atoms with E-state index < -0.39 is 0 Å². The highest BCUT2D eigenvalue weighted by Gasteiger charge is 2.22. The maximum absolute atomic E-state index is 11.1. The van der Waals surface area contributed by atoms with Crippen LogP contribution >= 0.6 is 0 Å². The van der Waals surface area contributed by atoms with Gasteiger partial charge >= 0.3 is 0 Å². The van der Waals surface area contributed by atoms with Crippen molar-refractivity contribution in [2.75, 3.05) is 7.05 Å². The molecule has 0 aromatic carbocycles. The number of nitrogens with zero attached hydrogens (tertiary/aromatic N) is 2. The molecular weight excluding hydrogens is 180 g/mol. The summed E-state index contributed by atoms with van der Waals surface area (Å²) >= 11 is 0. The Bertz CT molecular complexity index is 320. The number of primary amides is 1. The molecule has 0 fully saturated rings. The lowest BCUT2D eigenvalue weighted by Gasteiger charge is -2.22. The first-order valence-corrected chi connectivity index (χ1v) is 4.54. The van der Waals surface area contributed by atoms with Gasteiger partial charge in [0.15, 0.2) is 0 Å². The predicted molar refractivity (Wildman–Crippen MR) is 53.7 cm³/mol. The molecule has 2 atom stereocenters. The van der Waals surface area contributed by atoms with Gasteiger partial charge in [0.05, 0.1) is 6.04 Å². The zero-order valence-electron chi connectivity index (χ0n) is 8.69. The van der Waals surface area contributed by atoms with Gasteiger partial charge < -0.3 is 15.6 Å². The Morgan fingerprint density at radius 1 is 1.71 bits per heavy atom. The lowest BCUT2D eigenvalue weighted by Crippen LogP contribution is -2.44. The molecule has 0 aliphatic rings. The van der Waals surface area contributed by atoms with Gasteiger partial charge in [0.2, 0.25) is 5.91 Å². The van der Waals surface area contributed by atoms with Gasteiger partial charge in [-0.15, -0.1) is 0 Å². The molecule has 1 amide bonds. The van der Waals surface area contributed by atoms with Gasteiger partial charge in [-0.25, -0.2) is 4.98 Å². The lowest BCUT2D eigenvalue weighted by molar-refractivity contribution is -0.120. The largest absolute Gasteiger partial charge is 0.368 e. The number of aromatic nitrogens is 2. The summed E-state index contributed by atoms with van der Waals surface area (Å²) in [6.07, 6.45) is 3.55. The van der Waals surface area contributed by atoms with Crippen LogP contribution in [0.1, 0.15) is 18.8 Å². The van der Waals surface area contributed by atoms with Crippen LogP contribution in [-0.4, -0.2) is 28.5 Å². The first-order valence-electron chi connectivity index (χ1n) is 4.54. The second-order valence-electron chi connectivity index (χ2n) is 3.29. The van der Waals surface area contributed by atoms with Crippen molar-refractivity contribution < 1.29 is 4.79 Å². The highest BCUT2D eigenvalue weighted by Crippen LogP contribution is 2.12. The van der Waals surface area contributed by atoms with E-state index in [1.807, 2.05) is 24.6 Å². The van der Waals surface area contributed by atoms with Crippen molar-refractivity contribution in [1.82, 2.24) is 14.9 Å². The highest BCUT2D eigenvalue weighted by molar-refractivity contribution is 5.80. The van der Waals surface area contributed by atoms with Gasteiger partial charge in [-0.1, -0.05) is 0 Å². The number of hydrogen-bond donors (Lipinski definition) is 2. The number of carbonyl (C=O) groups is 1. The van der Waals surface area contributed by atoms with E-state index in [9.17, 15) is 4.79 Å². The minimum absolute atomic E-state index is 0.0278. The number of amides is 1. The third kappa shape index (κ3) is 1.93. The predicted octanol–water partition coefficient (Wildman–Crippen LogP) is -0.174. The van der Waals surface area contributed by atoms with E-state index in [0.717, 1.165) is 5.82 Å². The van der Waals surface area contributed by atoms with Crippen molar-refractivity contribution in [2.45, 2.75) is 25.9 Å². The Labute approximate surface area is 83.3 Å². The smallest absolute Gasteiger partial charge is 0.236 e. The topological polar surface area (TPSA) is 72.9 Å². The summed E-state index contributed by atoms with van der Waals surface area (Å²) in [5.74, 6) is 0.520. The Morgan fingerprint density at radius 2 is 2.36 bits per heavy atom. The normalized spacial score (nSPS) is 15.1. The van der Waals surface area contributed by atoms with E-state index in [0.29, 0.717) is 0 Å². The van der Waals surface area contributed by atoms with Gasteiger partial charge in [0, 0.05) is 12.4 Å². The third-order valence-corrected chi connectivity index (χ3v) is 2.40. The molecule has 0 aliphatic carbocycles. The quantitative estimate of drug-likeness (QED) is 0.702. The maximum Gasteiger partial charge on any atom is 0.236 e. The van der Waals surface area contributed by atoms with E-state index in [1.54, 1.807) is 13.2 Å². The summed E-state index contributed by atoms with van der Waals surface area (Å²) < 4.78 is 1.92. The molecule has 0 bridgehead atoms. The monoisotopic (exact) mass is 196 g/mol. The SMILES string of the molecule is CNC(C(N)=O)C(C)n1ccnc1C. The zero-order chi connectivity index (χ0) is 10.7. The van der Waals surface area contributed by atoms with Crippen molar-refractivity contribution in [3.05, 3.63) is 18.2 Å². The van der Waals surface area contributed by atoms with Gasteiger partial charge in [0.25, 0.3) is 0 Å². The molecule has 0 saturated heterocycles. The number of hydrogen-bond acceptors (Lipinski definition) is 3. The van der Waals surface area contributed by atoms with Crippen LogP contribution in [0.4, 0.5) is 0 Å². The first-order chi connectivity index (χ1) is 6.57.